The molecule has 32 heavy (non-hydrogen) atoms. The van der Waals surface area contributed by atoms with Gasteiger partial charge < -0.3 is 9.64 Å². The topological polar surface area (TPSA) is 111 Å². The van der Waals surface area contributed by atoms with Crippen molar-refractivity contribution in [2.75, 3.05) is 20.2 Å². The van der Waals surface area contributed by atoms with Gasteiger partial charge in [0.1, 0.15) is 28.6 Å². The Bertz CT molecular complexity index is 1290. The van der Waals surface area contributed by atoms with Crippen LogP contribution in [0.2, 0.25) is 0 Å². The largest absolute Gasteiger partial charge is 0.494 e. The van der Waals surface area contributed by atoms with E-state index in [2.05, 4.69) is 32.6 Å². The highest BCUT2D eigenvalue weighted by molar-refractivity contribution is 5.74. The molecule has 10 heteroatoms. The van der Waals surface area contributed by atoms with Crippen molar-refractivity contribution in [2.24, 2.45) is 0 Å². The van der Waals surface area contributed by atoms with Gasteiger partial charge in [0.25, 0.3) is 0 Å². The van der Waals surface area contributed by atoms with Gasteiger partial charge in [0.15, 0.2) is 6.19 Å². The van der Waals surface area contributed by atoms with E-state index in [1.807, 2.05) is 28.8 Å². The van der Waals surface area contributed by atoms with Crippen LogP contribution in [0.15, 0.2) is 18.5 Å². The van der Waals surface area contributed by atoms with Crippen molar-refractivity contribution < 1.29 is 4.74 Å². The molecule has 6 heterocycles. The average molecular weight is 429 g/mol. The highest BCUT2D eigenvalue weighted by Gasteiger charge is 2.51. The fourth-order valence-corrected chi connectivity index (χ4v) is 5.82. The first kappa shape index (κ1) is 19.1. The van der Waals surface area contributed by atoms with Gasteiger partial charge in [-0.25, -0.2) is 9.20 Å². The van der Waals surface area contributed by atoms with Gasteiger partial charge in [-0.1, -0.05) is 5.21 Å². The number of pyridine rings is 1. The number of likely N-dealkylation sites (tertiary alicyclic amines) is 1. The summed E-state index contributed by atoms with van der Waals surface area (Å²) in [7, 11) is 1.59. The smallest absolute Gasteiger partial charge is 0.179 e. The van der Waals surface area contributed by atoms with Crippen LogP contribution in [0.25, 0.3) is 16.8 Å². The quantitative estimate of drug-likeness (QED) is 0.577. The molecule has 0 amide bonds. The predicted octanol–water partition coefficient (Wildman–Crippen LogP) is 1.72. The molecule has 0 radical (unpaired) electrons. The fourth-order valence-electron chi connectivity index (χ4n) is 5.82. The number of ether oxygens (including phenoxy) is 1. The SMILES string of the molecule is COc1cc(-c2nnn(C3CN([C@H]4CC5CCC4N5C#N)C3)c2C)cn2ncc(C#N)c12. The monoisotopic (exact) mass is 429 g/mol. The standard InChI is InChI=1S/C22H23N9O/c1-13-21(14-5-20(32-2)22-15(7-23)8-25-30(22)9-14)26-27-31(13)17-10-28(11-17)19-6-16-3-4-18(19)29(16)12-24/h5,8-9,16-19H,3-4,6,10-11H2,1-2H3/t16?,18?,19-/m0/s1. The van der Waals surface area contributed by atoms with Crippen LogP contribution in [0.1, 0.15) is 36.6 Å². The van der Waals surface area contributed by atoms with Crippen LogP contribution in [0.5, 0.6) is 5.75 Å². The first-order valence-electron chi connectivity index (χ1n) is 10.9. The summed E-state index contributed by atoms with van der Waals surface area (Å²) in [6.07, 6.45) is 9.18. The summed E-state index contributed by atoms with van der Waals surface area (Å²) >= 11 is 0. The third-order valence-electron chi connectivity index (χ3n) is 7.44. The molecule has 2 unspecified atom stereocenters. The van der Waals surface area contributed by atoms with Crippen LogP contribution in [0, 0.1) is 29.7 Å². The van der Waals surface area contributed by atoms with Crippen molar-refractivity contribution in [1.82, 2.24) is 34.4 Å². The molecule has 3 aliphatic rings. The van der Waals surface area contributed by atoms with E-state index >= 15 is 0 Å². The lowest BCUT2D eigenvalue weighted by molar-refractivity contribution is 0.0360. The second-order valence-corrected chi connectivity index (χ2v) is 8.94. The lowest BCUT2D eigenvalue weighted by atomic mass is 9.91. The van der Waals surface area contributed by atoms with Gasteiger partial charge >= 0.3 is 0 Å². The van der Waals surface area contributed by atoms with Gasteiger partial charge in [-0.15, -0.1) is 5.10 Å². The molecule has 3 atom stereocenters. The van der Waals surface area contributed by atoms with Gasteiger partial charge in [-0.05, 0) is 32.3 Å². The van der Waals surface area contributed by atoms with Crippen molar-refractivity contribution in [3.8, 4) is 29.3 Å². The number of nitrogens with zero attached hydrogens (tertiary/aromatic N) is 9. The van der Waals surface area contributed by atoms with E-state index in [9.17, 15) is 10.5 Å². The third kappa shape index (κ3) is 2.56. The normalized spacial score (nSPS) is 25.1. The van der Waals surface area contributed by atoms with E-state index in [4.69, 9.17) is 4.74 Å². The average Bonchev–Trinajstić information content (AvgIpc) is 3.54. The lowest BCUT2D eigenvalue weighted by Crippen LogP contribution is -2.56. The maximum absolute atomic E-state index is 9.44. The molecule has 3 aromatic rings. The minimum absolute atomic E-state index is 0.284. The number of rotatable bonds is 4. The molecule has 0 N–H and O–H groups in total. The van der Waals surface area contributed by atoms with Crippen molar-refractivity contribution >= 4 is 5.52 Å². The van der Waals surface area contributed by atoms with Gasteiger partial charge in [0, 0.05) is 36.9 Å². The second-order valence-electron chi connectivity index (χ2n) is 8.94. The summed E-state index contributed by atoms with van der Waals surface area (Å²) in [4.78, 5) is 4.52. The molecule has 2 bridgehead atoms. The molecule has 0 saturated carbocycles. The summed E-state index contributed by atoms with van der Waals surface area (Å²) in [5.74, 6) is 0.582. The van der Waals surface area contributed by atoms with Crippen molar-refractivity contribution in [3.05, 3.63) is 29.7 Å². The van der Waals surface area contributed by atoms with Crippen LogP contribution >= 0.6 is 0 Å². The number of nitriles is 2. The zero-order chi connectivity index (χ0) is 22.0. The molecule has 0 aromatic carbocycles. The molecule has 3 aliphatic heterocycles. The van der Waals surface area contributed by atoms with Crippen LogP contribution in [-0.4, -0.2) is 72.7 Å². The first-order chi connectivity index (χ1) is 15.6. The Labute approximate surface area is 185 Å². The Kier molecular flexibility index (Phi) is 4.14. The van der Waals surface area contributed by atoms with Gasteiger partial charge in [-0.3, -0.25) is 4.90 Å². The summed E-state index contributed by atoms with van der Waals surface area (Å²) in [6.45, 7) is 3.90. The highest BCUT2D eigenvalue weighted by Crippen LogP contribution is 2.42. The molecule has 10 nitrogen and oxygen atoms in total. The Morgan fingerprint density at radius 3 is 2.72 bits per heavy atom. The fraction of sp³-hybridized carbons (Fsp3) is 0.500. The van der Waals surface area contributed by atoms with E-state index in [0.29, 0.717) is 35.0 Å². The third-order valence-corrected chi connectivity index (χ3v) is 7.44. The Morgan fingerprint density at radius 2 is 2.00 bits per heavy atom. The molecule has 3 fully saturated rings. The number of methoxy groups -OCH3 is 1. The molecular formula is C22H23N9O. The number of fused-ring (bicyclic) bond motifs is 3. The van der Waals surface area contributed by atoms with Crippen LogP contribution in [0.4, 0.5) is 0 Å². The summed E-state index contributed by atoms with van der Waals surface area (Å²) in [5.41, 5.74) is 3.75. The number of aromatic nitrogens is 5. The second kappa shape index (κ2) is 6.94. The maximum atomic E-state index is 9.44. The van der Waals surface area contributed by atoms with E-state index in [-0.39, 0.29) is 6.04 Å². The minimum Gasteiger partial charge on any atom is -0.494 e. The maximum Gasteiger partial charge on any atom is 0.179 e. The number of hydrogen-bond acceptors (Lipinski definition) is 8. The molecule has 0 aliphatic carbocycles. The minimum atomic E-state index is 0.284. The molecule has 3 saturated heterocycles. The van der Waals surface area contributed by atoms with Crippen LogP contribution in [0.3, 0.4) is 0 Å². The highest BCUT2D eigenvalue weighted by atomic mass is 16.5. The molecule has 0 spiro atoms. The lowest BCUT2D eigenvalue weighted by Gasteiger charge is -2.45. The zero-order valence-electron chi connectivity index (χ0n) is 18.0. The molecular weight excluding hydrogens is 406 g/mol. The van der Waals surface area contributed by atoms with Gasteiger partial charge in [0.2, 0.25) is 0 Å². The Morgan fingerprint density at radius 1 is 1.16 bits per heavy atom. The van der Waals surface area contributed by atoms with E-state index in [1.54, 1.807) is 11.6 Å². The zero-order valence-corrected chi connectivity index (χ0v) is 18.0. The van der Waals surface area contributed by atoms with Crippen LogP contribution < -0.4 is 4.74 Å². The van der Waals surface area contributed by atoms with Gasteiger partial charge in [-0.2, -0.15) is 15.6 Å². The predicted molar refractivity (Wildman–Crippen MR) is 113 cm³/mol. The van der Waals surface area contributed by atoms with Gasteiger partial charge in [0.05, 0.1) is 31.1 Å². The van der Waals surface area contributed by atoms with Crippen molar-refractivity contribution in [1.29, 1.82) is 10.5 Å². The summed E-state index contributed by atoms with van der Waals surface area (Å²) in [6, 6.07) is 5.62. The molecule has 6 rings (SSSR count). The van der Waals surface area contributed by atoms with Crippen LogP contribution in [-0.2, 0) is 0 Å². The summed E-state index contributed by atoms with van der Waals surface area (Å²) < 4.78 is 9.20. The van der Waals surface area contributed by atoms with Crippen molar-refractivity contribution in [2.45, 2.75) is 50.4 Å². The Hall–Kier alpha value is -3.63. The molecule has 162 valence electrons. The first-order valence-corrected chi connectivity index (χ1v) is 10.9. The number of hydrogen-bond donors (Lipinski definition) is 0. The molecule has 3 aromatic heterocycles. The van der Waals surface area contributed by atoms with E-state index in [1.165, 1.54) is 6.20 Å². The summed E-state index contributed by atoms with van der Waals surface area (Å²) in [5, 5.41) is 32.0. The van der Waals surface area contributed by atoms with E-state index in [0.717, 1.165) is 49.3 Å². The van der Waals surface area contributed by atoms with E-state index < -0.39 is 0 Å². The van der Waals surface area contributed by atoms with Crippen molar-refractivity contribution in [3.63, 3.8) is 0 Å². The Balaban J connectivity index is 1.24.